The van der Waals surface area contributed by atoms with Crippen LogP contribution in [0.1, 0.15) is 36.5 Å². The molecule has 0 aliphatic carbocycles. The Bertz CT molecular complexity index is 551. The Hall–Kier alpha value is -1.46. The molecule has 0 radical (unpaired) electrons. The van der Waals surface area contributed by atoms with Gasteiger partial charge in [-0.1, -0.05) is 18.5 Å². The zero-order chi connectivity index (χ0) is 16.8. The molecule has 128 valence electrons. The quantitative estimate of drug-likeness (QED) is 0.829. The average Bonchev–Trinajstić information content (AvgIpc) is 3.01. The molecule has 1 aromatic rings. The lowest BCUT2D eigenvalue weighted by atomic mass is 10.1. The Morgan fingerprint density at radius 1 is 1.48 bits per heavy atom. The van der Waals surface area contributed by atoms with E-state index in [1.165, 1.54) is 0 Å². The molecule has 0 spiro atoms. The lowest BCUT2D eigenvalue weighted by Gasteiger charge is -2.25. The second-order valence-corrected chi connectivity index (χ2v) is 6.10. The molecule has 1 aromatic carbocycles. The summed E-state index contributed by atoms with van der Waals surface area (Å²) in [5.74, 6) is 0.990. The van der Waals surface area contributed by atoms with Crippen LogP contribution in [0, 0.1) is 0 Å². The normalized spacial score (nSPS) is 17.4. The van der Waals surface area contributed by atoms with E-state index in [-0.39, 0.29) is 11.9 Å². The number of nitrogens with one attached hydrogen (secondary N) is 1. The van der Waals surface area contributed by atoms with Gasteiger partial charge >= 0.3 is 0 Å². The molecule has 5 nitrogen and oxygen atoms in total. The highest BCUT2D eigenvalue weighted by molar-refractivity contribution is 6.32. The van der Waals surface area contributed by atoms with Crippen molar-refractivity contribution in [2.75, 3.05) is 33.9 Å². The average molecular weight is 341 g/mol. The van der Waals surface area contributed by atoms with E-state index in [0.717, 1.165) is 32.4 Å². The second-order valence-electron chi connectivity index (χ2n) is 5.69. The summed E-state index contributed by atoms with van der Waals surface area (Å²) in [6.45, 7) is 4.15. The number of hydrogen-bond acceptors (Lipinski definition) is 4. The zero-order valence-electron chi connectivity index (χ0n) is 14.0. The fourth-order valence-electron chi connectivity index (χ4n) is 2.90. The smallest absolute Gasteiger partial charge is 0.254 e. The van der Waals surface area contributed by atoms with Crippen LogP contribution in [-0.4, -0.2) is 50.7 Å². The predicted molar refractivity (Wildman–Crippen MR) is 91.8 cm³/mol. The Morgan fingerprint density at radius 2 is 2.26 bits per heavy atom. The van der Waals surface area contributed by atoms with E-state index in [1.54, 1.807) is 19.2 Å². The third-order valence-electron chi connectivity index (χ3n) is 4.00. The van der Waals surface area contributed by atoms with Gasteiger partial charge in [-0.15, -0.1) is 0 Å². The maximum Gasteiger partial charge on any atom is 0.254 e. The van der Waals surface area contributed by atoms with Gasteiger partial charge in [-0.05, 0) is 38.4 Å². The molecule has 1 saturated heterocycles. The number of ether oxygens (including phenoxy) is 2. The minimum Gasteiger partial charge on any atom is -0.493 e. The van der Waals surface area contributed by atoms with Crippen molar-refractivity contribution < 1.29 is 14.3 Å². The van der Waals surface area contributed by atoms with Crippen molar-refractivity contribution in [2.45, 2.75) is 32.2 Å². The fraction of sp³-hybridized carbons (Fsp3) is 0.588. The number of carbonyl (C=O) groups is 1. The van der Waals surface area contributed by atoms with E-state index in [2.05, 4.69) is 5.32 Å². The van der Waals surface area contributed by atoms with E-state index in [4.69, 9.17) is 21.1 Å². The Kier molecular flexibility index (Phi) is 6.54. The number of methoxy groups -OCH3 is 1. The van der Waals surface area contributed by atoms with E-state index < -0.39 is 0 Å². The Balaban J connectivity index is 2.25. The van der Waals surface area contributed by atoms with Crippen LogP contribution in [0.25, 0.3) is 0 Å². The summed E-state index contributed by atoms with van der Waals surface area (Å²) in [5, 5.41) is 3.56. The standard InChI is InChI=1S/C17H25ClN2O3/c1-4-8-23-16-14(18)9-12(10-15(16)22-3)17(21)20-7-5-6-13(20)11-19-2/h9-10,13,19H,4-8,11H2,1-3H3. The molecule has 1 N–H and O–H groups in total. The number of benzene rings is 1. The summed E-state index contributed by atoms with van der Waals surface area (Å²) in [6, 6.07) is 3.62. The van der Waals surface area contributed by atoms with E-state index in [9.17, 15) is 4.79 Å². The minimum absolute atomic E-state index is 0.00927. The van der Waals surface area contributed by atoms with E-state index >= 15 is 0 Å². The van der Waals surface area contributed by atoms with Crippen LogP contribution in [0.2, 0.25) is 5.02 Å². The number of carbonyl (C=O) groups excluding carboxylic acids is 1. The second kappa shape index (κ2) is 8.41. The first-order valence-electron chi connectivity index (χ1n) is 8.08. The zero-order valence-corrected chi connectivity index (χ0v) is 14.8. The summed E-state index contributed by atoms with van der Waals surface area (Å²) in [6.07, 6.45) is 2.93. The maximum absolute atomic E-state index is 12.8. The molecule has 23 heavy (non-hydrogen) atoms. The van der Waals surface area contributed by atoms with Gasteiger partial charge in [0, 0.05) is 24.7 Å². The number of nitrogens with zero attached hydrogens (tertiary/aromatic N) is 1. The van der Waals surface area contributed by atoms with Crippen LogP contribution >= 0.6 is 11.6 Å². The van der Waals surface area contributed by atoms with Gasteiger partial charge in [0.25, 0.3) is 5.91 Å². The lowest BCUT2D eigenvalue weighted by molar-refractivity contribution is 0.0736. The van der Waals surface area contributed by atoms with Crippen molar-refractivity contribution in [2.24, 2.45) is 0 Å². The molecule has 1 aliphatic rings. The first kappa shape index (κ1) is 17.9. The summed E-state index contributed by atoms with van der Waals surface area (Å²) in [5.41, 5.74) is 0.540. The van der Waals surface area contributed by atoms with Gasteiger partial charge in [0.15, 0.2) is 11.5 Å². The van der Waals surface area contributed by atoms with Gasteiger partial charge in [0.2, 0.25) is 0 Å². The third-order valence-corrected chi connectivity index (χ3v) is 4.29. The maximum atomic E-state index is 12.8. The van der Waals surface area contributed by atoms with Crippen molar-refractivity contribution in [3.05, 3.63) is 22.7 Å². The molecule has 1 fully saturated rings. The van der Waals surface area contributed by atoms with Crippen molar-refractivity contribution >= 4 is 17.5 Å². The molecular formula is C17H25ClN2O3. The van der Waals surface area contributed by atoms with E-state index in [0.29, 0.717) is 28.7 Å². The molecule has 1 heterocycles. The SMILES string of the molecule is CCCOc1c(Cl)cc(C(=O)N2CCCC2CNC)cc1OC. The van der Waals surface area contributed by atoms with Gasteiger partial charge in [0.05, 0.1) is 18.7 Å². The molecule has 6 heteroatoms. The van der Waals surface area contributed by atoms with Gasteiger partial charge in [-0.25, -0.2) is 0 Å². The molecule has 1 amide bonds. The highest BCUT2D eigenvalue weighted by atomic mass is 35.5. The molecule has 1 atom stereocenters. The highest BCUT2D eigenvalue weighted by Crippen LogP contribution is 2.37. The molecule has 0 bridgehead atoms. The van der Waals surface area contributed by atoms with Gasteiger partial charge in [-0.2, -0.15) is 0 Å². The van der Waals surface area contributed by atoms with Crippen LogP contribution in [0.3, 0.4) is 0 Å². The number of hydrogen-bond donors (Lipinski definition) is 1. The number of rotatable bonds is 7. The number of halogens is 1. The van der Waals surface area contributed by atoms with Crippen LogP contribution < -0.4 is 14.8 Å². The summed E-state index contributed by atoms with van der Waals surface area (Å²) in [7, 11) is 3.46. The number of amides is 1. The molecule has 0 saturated carbocycles. The van der Waals surface area contributed by atoms with Crippen molar-refractivity contribution in [3.63, 3.8) is 0 Å². The highest BCUT2D eigenvalue weighted by Gasteiger charge is 2.29. The molecule has 2 rings (SSSR count). The molecule has 0 aromatic heterocycles. The first-order valence-corrected chi connectivity index (χ1v) is 8.46. The van der Waals surface area contributed by atoms with Crippen molar-refractivity contribution in [1.82, 2.24) is 10.2 Å². The summed E-state index contributed by atoms with van der Waals surface area (Å²) >= 11 is 6.31. The number of likely N-dealkylation sites (tertiary alicyclic amines) is 1. The topological polar surface area (TPSA) is 50.8 Å². The van der Waals surface area contributed by atoms with Gasteiger partial charge in [-0.3, -0.25) is 4.79 Å². The van der Waals surface area contributed by atoms with Gasteiger partial charge < -0.3 is 19.7 Å². The van der Waals surface area contributed by atoms with E-state index in [1.807, 2.05) is 18.9 Å². The third kappa shape index (κ3) is 4.09. The van der Waals surface area contributed by atoms with Crippen LogP contribution in [-0.2, 0) is 0 Å². The number of likely N-dealkylation sites (N-methyl/N-ethyl adjacent to an activating group) is 1. The van der Waals surface area contributed by atoms with Crippen LogP contribution in [0.15, 0.2) is 12.1 Å². The molecule has 1 aliphatic heterocycles. The van der Waals surface area contributed by atoms with Gasteiger partial charge in [0.1, 0.15) is 0 Å². The predicted octanol–water partition coefficient (Wildman–Crippen LogP) is 2.96. The Labute approximate surface area is 142 Å². The summed E-state index contributed by atoms with van der Waals surface area (Å²) in [4.78, 5) is 14.7. The molecule has 1 unspecified atom stereocenters. The van der Waals surface area contributed by atoms with Crippen molar-refractivity contribution in [3.8, 4) is 11.5 Å². The Morgan fingerprint density at radius 3 is 2.91 bits per heavy atom. The summed E-state index contributed by atoms with van der Waals surface area (Å²) < 4.78 is 11.0. The van der Waals surface area contributed by atoms with Crippen LogP contribution in [0.4, 0.5) is 0 Å². The van der Waals surface area contributed by atoms with Crippen molar-refractivity contribution in [1.29, 1.82) is 0 Å². The first-order chi connectivity index (χ1) is 11.1. The monoisotopic (exact) mass is 340 g/mol. The van der Waals surface area contributed by atoms with Crippen LogP contribution in [0.5, 0.6) is 11.5 Å². The largest absolute Gasteiger partial charge is 0.493 e. The lowest BCUT2D eigenvalue weighted by Crippen LogP contribution is -2.40. The fourth-order valence-corrected chi connectivity index (χ4v) is 3.17. The molecular weight excluding hydrogens is 316 g/mol. The minimum atomic E-state index is -0.00927.